The quantitative estimate of drug-likeness (QED) is 0.650. The summed E-state index contributed by atoms with van der Waals surface area (Å²) in [5, 5.41) is 11.5. The van der Waals surface area contributed by atoms with E-state index in [4.69, 9.17) is 5.11 Å². The molecule has 1 aliphatic carbocycles. The molecule has 0 saturated heterocycles. The fourth-order valence-corrected chi connectivity index (χ4v) is 1.78. The third kappa shape index (κ3) is 4.21. The number of hydrogen-bond donors (Lipinski definition) is 2. The van der Waals surface area contributed by atoms with Gasteiger partial charge in [-0.05, 0) is 18.8 Å². The van der Waals surface area contributed by atoms with Crippen LogP contribution in [-0.4, -0.2) is 23.5 Å². The Bertz CT molecular complexity index is 263. The molecule has 0 aliphatic heterocycles. The molecule has 1 amide bonds. The average Bonchev–Trinajstić information content (AvgIpc) is 2.95. The van der Waals surface area contributed by atoms with Crippen molar-refractivity contribution in [1.82, 2.24) is 5.32 Å². The van der Waals surface area contributed by atoms with Gasteiger partial charge in [-0.3, -0.25) is 9.59 Å². The first-order valence-corrected chi connectivity index (χ1v) is 6.03. The Labute approximate surface area is 96.4 Å². The predicted octanol–water partition coefficient (Wildman–Crippen LogP) is 1.65. The van der Waals surface area contributed by atoms with E-state index in [1.807, 2.05) is 0 Å². The fraction of sp³-hybridized carbons (Fsp3) is 0.833. The number of hydrogen-bond acceptors (Lipinski definition) is 2. The highest BCUT2D eigenvalue weighted by molar-refractivity contribution is 5.89. The number of aliphatic carboxylic acids is 1. The van der Waals surface area contributed by atoms with Gasteiger partial charge in [-0.15, -0.1) is 0 Å². The molecule has 1 rings (SSSR count). The molecular formula is C12H21NO3. The molecule has 0 aromatic heterocycles. The molecular weight excluding hydrogens is 206 g/mol. The van der Waals surface area contributed by atoms with Crippen LogP contribution in [0.4, 0.5) is 0 Å². The number of nitrogens with one attached hydrogen (secondary N) is 1. The summed E-state index contributed by atoms with van der Waals surface area (Å²) in [5.41, 5.74) is 0. The maximum atomic E-state index is 11.4. The van der Waals surface area contributed by atoms with Gasteiger partial charge in [0, 0.05) is 6.54 Å². The van der Waals surface area contributed by atoms with Crippen molar-refractivity contribution < 1.29 is 14.7 Å². The summed E-state index contributed by atoms with van der Waals surface area (Å²) in [6, 6.07) is 0. The van der Waals surface area contributed by atoms with Crippen molar-refractivity contribution in [2.45, 2.75) is 39.5 Å². The molecule has 1 saturated carbocycles. The van der Waals surface area contributed by atoms with E-state index in [1.165, 1.54) is 6.42 Å². The molecule has 0 aromatic carbocycles. The number of rotatable bonds is 7. The van der Waals surface area contributed by atoms with Crippen LogP contribution in [0, 0.1) is 17.8 Å². The second-order valence-corrected chi connectivity index (χ2v) is 4.97. The summed E-state index contributed by atoms with van der Waals surface area (Å²) in [6.45, 7) is 5.04. The van der Waals surface area contributed by atoms with Crippen molar-refractivity contribution in [3.63, 3.8) is 0 Å². The van der Waals surface area contributed by atoms with Gasteiger partial charge >= 0.3 is 5.97 Å². The molecule has 0 heterocycles. The third-order valence-electron chi connectivity index (χ3n) is 2.95. The molecule has 0 radical (unpaired) electrons. The number of carboxylic acid groups (broad SMARTS) is 1. The van der Waals surface area contributed by atoms with Crippen molar-refractivity contribution in [2.24, 2.45) is 17.8 Å². The van der Waals surface area contributed by atoms with E-state index >= 15 is 0 Å². The maximum Gasteiger partial charge on any atom is 0.307 e. The molecule has 0 spiro atoms. The van der Waals surface area contributed by atoms with Gasteiger partial charge in [-0.1, -0.05) is 26.7 Å². The first-order valence-electron chi connectivity index (χ1n) is 6.03. The molecule has 92 valence electrons. The summed E-state index contributed by atoms with van der Waals surface area (Å²) in [6.07, 6.45) is 3.78. The average molecular weight is 227 g/mol. The summed E-state index contributed by atoms with van der Waals surface area (Å²) in [5.74, 6) is -0.939. The summed E-state index contributed by atoms with van der Waals surface area (Å²) in [7, 11) is 0. The molecule has 4 nitrogen and oxygen atoms in total. The van der Waals surface area contributed by atoms with Gasteiger partial charge in [-0.2, -0.15) is 0 Å². The molecule has 1 fully saturated rings. The van der Waals surface area contributed by atoms with Crippen molar-refractivity contribution in [3.05, 3.63) is 0 Å². The Hall–Kier alpha value is -1.06. The van der Waals surface area contributed by atoms with Crippen LogP contribution in [0.5, 0.6) is 0 Å². The van der Waals surface area contributed by atoms with Crippen LogP contribution in [0.15, 0.2) is 0 Å². The lowest BCUT2D eigenvalue weighted by Crippen LogP contribution is -2.27. The van der Waals surface area contributed by atoms with Crippen LogP contribution in [0.25, 0.3) is 0 Å². The van der Waals surface area contributed by atoms with Gasteiger partial charge in [0.25, 0.3) is 0 Å². The number of unbranched alkanes of at least 4 members (excludes halogenated alkanes) is 1. The zero-order valence-electron chi connectivity index (χ0n) is 10.0. The number of carboxylic acids is 1. The van der Waals surface area contributed by atoms with Gasteiger partial charge in [0.05, 0.1) is 11.8 Å². The van der Waals surface area contributed by atoms with Crippen LogP contribution in [0.1, 0.15) is 39.5 Å². The van der Waals surface area contributed by atoms with E-state index in [0.29, 0.717) is 18.9 Å². The Morgan fingerprint density at radius 1 is 1.31 bits per heavy atom. The standard InChI is InChI=1S/C12H21NO3/c1-8(2)5-3-4-6-13-11(14)9-7-10(9)12(15)16/h8-10H,3-7H2,1-2H3,(H,13,14)(H,15,16)/t9-,10+/m1/s1. The van der Waals surface area contributed by atoms with Gasteiger partial charge in [0.15, 0.2) is 0 Å². The molecule has 0 unspecified atom stereocenters. The Morgan fingerprint density at radius 3 is 2.50 bits per heavy atom. The lowest BCUT2D eigenvalue weighted by molar-refractivity contribution is -0.140. The Kier molecular flexibility index (Phi) is 4.77. The zero-order valence-corrected chi connectivity index (χ0v) is 10.0. The van der Waals surface area contributed by atoms with E-state index < -0.39 is 11.9 Å². The van der Waals surface area contributed by atoms with Crippen LogP contribution in [0.2, 0.25) is 0 Å². The maximum absolute atomic E-state index is 11.4. The number of amides is 1. The van der Waals surface area contributed by atoms with E-state index in [1.54, 1.807) is 0 Å². The van der Waals surface area contributed by atoms with Gasteiger partial charge in [0.2, 0.25) is 5.91 Å². The molecule has 0 aromatic rings. The highest BCUT2D eigenvalue weighted by Crippen LogP contribution is 2.38. The largest absolute Gasteiger partial charge is 0.481 e. The summed E-state index contributed by atoms with van der Waals surface area (Å²) >= 11 is 0. The lowest BCUT2D eigenvalue weighted by atomic mass is 10.1. The second kappa shape index (κ2) is 5.87. The molecule has 2 atom stereocenters. The van der Waals surface area contributed by atoms with E-state index in [0.717, 1.165) is 12.8 Å². The van der Waals surface area contributed by atoms with Crippen LogP contribution >= 0.6 is 0 Å². The van der Waals surface area contributed by atoms with Crippen LogP contribution in [0.3, 0.4) is 0 Å². The van der Waals surface area contributed by atoms with Crippen molar-refractivity contribution in [3.8, 4) is 0 Å². The third-order valence-corrected chi connectivity index (χ3v) is 2.95. The fourth-order valence-electron chi connectivity index (χ4n) is 1.78. The van der Waals surface area contributed by atoms with E-state index in [-0.39, 0.29) is 11.8 Å². The molecule has 16 heavy (non-hydrogen) atoms. The number of carbonyl (C=O) groups excluding carboxylic acids is 1. The molecule has 0 bridgehead atoms. The molecule has 1 aliphatic rings. The van der Waals surface area contributed by atoms with Gasteiger partial charge in [0.1, 0.15) is 0 Å². The minimum atomic E-state index is -0.847. The smallest absolute Gasteiger partial charge is 0.307 e. The first-order chi connectivity index (χ1) is 7.52. The highest BCUT2D eigenvalue weighted by atomic mass is 16.4. The monoisotopic (exact) mass is 227 g/mol. The summed E-state index contributed by atoms with van der Waals surface area (Å²) in [4.78, 5) is 22.0. The lowest BCUT2D eigenvalue weighted by Gasteiger charge is -2.05. The topological polar surface area (TPSA) is 66.4 Å². The second-order valence-electron chi connectivity index (χ2n) is 4.97. The number of carbonyl (C=O) groups is 2. The van der Waals surface area contributed by atoms with Crippen molar-refractivity contribution in [1.29, 1.82) is 0 Å². The minimum Gasteiger partial charge on any atom is -0.481 e. The minimum absolute atomic E-state index is 0.0862. The van der Waals surface area contributed by atoms with Gasteiger partial charge in [-0.25, -0.2) is 0 Å². The molecule has 2 N–H and O–H groups in total. The SMILES string of the molecule is CC(C)CCCCNC(=O)[C@@H]1C[C@@H]1C(=O)O. The Balaban J connectivity index is 2.02. The first kappa shape index (κ1) is 13.0. The van der Waals surface area contributed by atoms with Gasteiger partial charge < -0.3 is 10.4 Å². The molecule has 4 heteroatoms. The van der Waals surface area contributed by atoms with E-state index in [2.05, 4.69) is 19.2 Å². The Morgan fingerprint density at radius 2 is 2.00 bits per heavy atom. The van der Waals surface area contributed by atoms with Crippen LogP contribution in [-0.2, 0) is 9.59 Å². The van der Waals surface area contributed by atoms with Crippen molar-refractivity contribution in [2.75, 3.05) is 6.54 Å². The van der Waals surface area contributed by atoms with Crippen LogP contribution < -0.4 is 5.32 Å². The highest BCUT2D eigenvalue weighted by Gasteiger charge is 2.48. The summed E-state index contributed by atoms with van der Waals surface area (Å²) < 4.78 is 0. The predicted molar refractivity (Wildman–Crippen MR) is 60.9 cm³/mol. The zero-order chi connectivity index (χ0) is 12.1. The van der Waals surface area contributed by atoms with E-state index in [9.17, 15) is 9.59 Å². The normalized spacial score (nSPS) is 23.2. The van der Waals surface area contributed by atoms with Crippen molar-refractivity contribution >= 4 is 11.9 Å².